The molecule has 1 atom stereocenters. The average molecular weight is 373 g/mol. The Bertz CT molecular complexity index is 700. The lowest BCUT2D eigenvalue weighted by atomic mass is 9.89. The van der Waals surface area contributed by atoms with Crippen LogP contribution in [0.15, 0.2) is 29.4 Å². The number of carbonyl (C=O) groups is 1. The van der Waals surface area contributed by atoms with Crippen LogP contribution < -0.4 is 5.32 Å². The van der Waals surface area contributed by atoms with Gasteiger partial charge in [0.25, 0.3) is 5.91 Å². The fourth-order valence-corrected chi connectivity index (χ4v) is 4.57. The maximum absolute atomic E-state index is 13.0. The molecule has 4 rings (SSSR count). The average Bonchev–Trinajstić information content (AvgIpc) is 3.29. The van der Waals surface area contributed by atoms with Gasteiger partial charge in [-0.25, -0.2) is 4.39 Å². The molecule has 6 heteroatoms. The van der Waals surface area contributed by atoms with Gasteiger partial charge in [0.2, 0.25) is 0 Å². The number of likely N-dealkylation sites (tertiary alicyclic amines) is 1. The van der Waals surface area contributed by atoms with Crippen LogP contribution in [-0.4, -0.2) is 41.8 Å². The van der Waals surface area contributed by atoms with E-state index in [2.05, 4.69) is 15.4 Å². The van der Waals surface area contributed by atoms with Crippen LogP contribution in [0.4, 0.5) is 4.39 Å². The summed E-state index contributed by atoms with van der Waals surface area (Å²) < 4.78 is 13.0. The molecule has 146 valence electrons. The monoisotopic (exact) mass is 373 g/mol. The zero-order valence-electron chi connectivity index (χ0n) is 15.8. The molecule has 1 amide bonds. The Morgan fingerprint density at radius 2 is 2.04 bits per heavy atom. The summed E-state index contributed by atoms with van der Waals surface area (Å²) in [7, 11) is 0. The maximum atomic E-state index is 13.0. The van der Waals surface area contributed by atoms with Crippen molar-refractivity contribution in [2.24, 2.45) is 11.1 Å². The third-order valence-corrected chi connectivity index (χ3v) is 6.10. The van der Waals surface area contributed by atoms with E-state index in [1.165, 1.54) is 44.2 Å². The molecule has 1 saturated carbocycles. The van der Waals surface area contributed by atoms with E-state index in [0.29, 0.717) is 18.7 Å². The van der Waals surface area contributed by atoms with Gasteiger partial charge in [-0.3, -0.25) is 9.69 Å². The van der Waals surface area contributed by atoms with Gasteiger partial charge in [0.15, 0.2) is 5.60 Å². The van der Waals surface area contributed by atoms with Gasteiger partial charge in [-0.15, -0.1) is 0 Å². The van der Waals surface area contributed by atoms with Crippen LogP contribution in [0.3, 0.4) is 0 Å². The summed E-state index contributed by atoms with van der Waals surface area (Å²) in [6.45, 7) is 3.40. The predicted molar refractivity (Wildman–Crippen MR) is 102 cm³/mol. The SMILES string of the molecule is O=C(NCc1ccc(F)cc1)C1=NO[C@]2(CCN(CC3CCCCC3)C2)C1. The van der Waals surface area contributed by atoms with E-state index in [-0.39, 0.29) is 17.3 Å². The van der Waals surface area contributed by atoms with Crippen LogP contribution in [0.5, 0.6) is 0 Å². The number of benzene rings is 1. The van der Waals surface area contributed by atoms with Crippen molar-refractivity contribution >= 4 is 11.6 Å². The number of amides is 1. The normalized spacial score (nSPS) is 26.2. The first kappa shape index (κ1) is 18.4. The lowest BCUT2D eigenvalue weighted by Crippen LogP contribution is -2.38. The number of carbonyl (C=O) groups excluding carboxylic acids is 1. The number of oxime groups is 1. The number of hydrogen-bond acceptors (Lipinski definition) is 4. The summed E-state index contributed by atoms with van der Waals surface area (Å²) in [4.78, 5) is 20.7. The standard InChI is InChI=1S/C21H28FN3O2/c22-18-8-6-16(7-9-18)13-23-20(26)19-12-21(27-24-19)10-11-25(15-21)14-17-4-2-1-3-5-17/h6-9,17H,1-5,10-15H2,(H,23,26)/t21-/m1/s1. The van der Waals surface area contributed by atoms with Gasteiger partial charge in [-0.2, -0.15) is 0 Å². The second kappa shape index (κ2) is 7.97. The Kier molecular flexibility index (Phi) is 5.43. The highest BCUT2D eigenvalue weighted by atomic mass is 19.1. The van der Waals surface area contributed by atoms with Crippen molar-refractivity contribution in [1.82, 2.24) is 10.2 Å². The van der Waals surface area contributed by atoms with Gasteiger partial charge in [0, 0.05) is 39.0 Å². The van der Waals surface area contributed by atoms with E-state index in [1.807, 2.05) is 0 Å². The Hall–Kier alpha value is -1.95. The van der Waals surface area contributed by atoms with Crippen molar-refractivity contribution < 1.29 is 14.0 Å². The molecule has 5 nitrogen and oxygen atoms in total. The molecule has 0 aromatic heterocycles. The van der Waals surface area contributed by atoms with E-state index >= 15 is 0 Å². The van der Waals surface area contributed by atoms with Gasteiger partial charge in [0.05, 0.1) is 0 Å². The summed E-state index contributed by atoms with van der Waals surface area (Å²) >= 11 is 0. The summed E-state index contributed by atoms with van der Waals surface area (Å²) in [6, 6.07) is 6.13. The molecule has 1 N–H and O–H groups in total. The highest BCUT2D eigenvalue weighted by Gasteiger charge is 2.46. The fraction of sp³-hybridized carbons (Fsp3) is 0.619. The third kappa shape index (κ3) is 4.49. The van der Waals surface area contributed by atoms with E-state index in [9.17, 15) is 9.18 Å². The van der Waals surface area contributed by atoms with Gasteiger partial charge in [-0.05, 0) is 36.5 Å². The fourth-order valence-electron chi connectivity index (χ4n) is 4.57. The van der Waals surface area contributed by atoms with Crippen molar-refractivity contribution in [1.29, 1.82) is 0 Å². The molecule has 1 aromatic carbocycles. The molecule has 1 saturated heterocycles. The van der Waals surface area contributed by atoms with Gasteiger partial charge in [-0.1, -0.05) is 36.6 Å². The maximum Gasteiger partial charge on any atom is 0.269 e. The molecule has 2 heterocycles. The van der Waals surface area contributed by atoms with Gasteiger partial charge < -0.3 is 10.2 Å². The summed E-state index contributed by atoms with van der Waals surface area (Å²) in [5.74, 6) is 0.344. The molecule has 0 bridgehead atoms. The van der Waals surface area contributed by atoms with Crippen molar-refractivity contribution in [2.75, 3.05) is 19.6 Å². The van der Waals surface area contributed by atoms with Crippen LogP contribution in [0.25, 0.3) is 0 Å². The molecule has 1 aromatic rings. The number of rotatable bonds is 5. The zero-order valence-corrected chi connectivity index (χ0v) is 15.8. The summed E-state index contributed by atoms with van der Waals surface area (Å²) in [6.07, 6.45) is 8.30. The Balaban J connectivity index is 1.25. The number of hydrogen-bond donors (Lipinski definition) is 1. The van der Waals surface area contributed by atoms with Crippen LogP contribution in [0.2, 0.25) is 0 Å². The summed E-state index contributed by atoms with van der Waals surface area (Å²) in [5.41, 5.74) is 1.01. The van der Waals surface area contributed by atoms with Crippen molar-refractivity contribution in [3.05, 3.63) is 35.6 Å². The first-order valence-corrected chi connectivity index (χ1v) is 10.1. The number of nitrogens with one attached hydrogen (secondary N) is 1. The van der Waals surface area contributed by atoms with Crippen LogP contribution >= 0.6 is 0 Å². The van der Waals surface area contributed by atoms with Crippen molar-refractivity contribution in [2.45, 2.75) is 57.1 Å². The number of halogens is 1. The number of nitrogens with zero attached hydrogens (tertiary/aromatic N) is 2. The van der Waals surface area contributed by atoms with Crippen LogP contribution in [0.1, 0.15) is 50.5 Å². The molecule has 3 aliphatic rings. The molecule has 0 unspecified atom stereocenters. The lowest BCUT2D eigenvalue weighted by molar-refractivity contribution is -0.115. The molecule has 0 radical (unpaired) electrons. The van der Waals surface area contributed by atoms with E-state index in [0.717, 1.165) is 37.5 Å². The largest absolute Gasteiger partial charge is 0.387 e. The molecule has 1 spiro atoms. The molecule has 2 aliphatic heterocycles. The van der Waals surface area contributed by atoms with Crippen LogP contribution in [-0.2, 0) is 16.2 Å². The Labute approximate surface area is 159 Å². The molecule has 2 fully saturated rings. The van der Waals surface area contributed by atoms with E-state index < -0.39 is 0 Å². The minimum atomic E-state index is -0.322. The highest BCUT2D eigenvalue weighted by molar-refractivity contribution is 6.39. The van der Waals surface area contributed by atoms with Crippen molar-refractivity contribution in [3.8, 4) is 0 Å². The summed E-state index contributed by atoms with van der Waals surface area (Å²) in [5, 5.41) is 6.95. The smallest absolute Gasteiger partial charge is 0.269 e. The first-order chi connectivity index (χ1) is 13.1. The van der Waals surface area contributed by atoms with Gasteiger partial charge >= 0.3 is 0 Å². The first-order valence-electron chi connectivity index (χ1n) is 10.1. The molecule has 1 aliphatic carbocycles. The second-order valence-corrected chi connectivity index (χ2v) is 8.29. The Morgan fingerprint density at radius 3 is 2.81 bits per heavy atom. The van der Waals surface area contributed by atoms with Crippen molar-refractivity contribution in [3.63, 3.8) is 0 Å². The zero-order chi connectivity index (χ0) is 18.7. The van der Waals surface area contributed by atoms with E-state index in [4.69, 9.17) is 4.84 Å². The van der Waals surface area contributed by atoms with Gasteiger partial charge in [0.1, 0.15) is 11.5 Å². The van der Waals surface area contributed by atoms with E-state index in [1.54, 1.807) is 12.1 Å². The Morgan fingerprint density at radius 1 is 1.26 bits per heavy atom. The topological polar surface area (TPSA) is 53.9 Å². The lowest BCUT2D eigenvalue weighted by Gasteiger charge is -2.27. The predicted octanol–water partition coefficient (Wildman–Crippen LogP) is 3.24. The highest BCUT2D eigenvalue weighted by Crippen LogP contribution is 2.35. The minimum Gasteiger partial charge on any atom is -0.387 e. The second-order valence-electron chi connectivity index (χ2n) is 8.29. The molecular weight excluding hydrogens is 345 g/mol. The minimum absolute atomic E-state index is 0.193. The third-order valence-electron chi connectivity index (χ3n) is 6.10. The molecule has 27 heavy (non-hydrogen) atoms. The quantitative estimate of drug-likeness (QED) is 0.862. The van der Waals surface area contributed by atoms with Crippen LogP contribution in [0, 0.1) is 11.7 Å². The molecular formula is C21H28FN3O2.